The molecule has 0 atom stereocenters. The van der Waals surface area contributed by atoms with Crippen molar-refractivity contribution in [1.82, 2.24) is 9.71 Å². The Morgan fingerprint density at radius 2 is 2.06 bits per heavy atom. The summed E-state index contributed by atoms with van der Waals surface area (Å²) in [6, 6.07) is 0. The van der Waals surface area contributed by atoms with Crippen molar-refractivity contribution in [1.29, 1.82) is 0 Å². The highest BCUT2D eigenvalue weighted by molar-refractivity contribution is 8.06. The average molecular weight is 314 g/mol. The fraction of sp³-hybridized carbons (Fsp3) is 0.429. The Bertz CT molecular complexity index is 644. The molecule has 0 saturated heterocycles. The van der Waals surface area contributed by atoms with Crippen LogP contribution in [0.2, 0.25) is 0 Å². The van der Waals surface area contributed by atoms with Gasteiger partial charge in [0.25, 0.3) is 0 Å². The lowest BCUT2D eigenvalue weighted by atomic mass is 10.5. The molecule has 0 fully saturated rings. The maximum atomic E-state index is 11.3. The van der Waals surface area contributed by atoms with E-state index in [1.54, 1.807) is 0 Å². The van der Waals surface area contributed by atoms with Crippen LogP contribution in [0.4, 0.5) is 0 Å². The summed E-state index contributed by atoms with van der Waals surface area (Å²) in [6.45, 7) is -0.240. The number of carbonyl (C=O) groups is 1. The molecule has 0 unspecified atom stereocenters. The minimum absolute atomic E-state index is 0.183. The number of sulfonamides is 1. The molecular formula is C7H10N2O6S3. The molecule has 102 valence electrons. The first-order valence-electron chi connectivity index (χ1n) is 4.42. The largest absolute Gasteiger partial charge is 0.476 e. The van der Waals surface area contributed by atoms with E-state index in [2.05, 4.69) is 4.98 Å². The fourth-order valence-electron chi connectivity index (χ4n) is 0.986. The molecule has 8 nitrogen and oxygen atoms in total. The third kappa shape index (κ3) is 5.08. The molecule has 1 aromatic heterocycles. The molecule has 0 amide bonds. The van der Waals surface area contributed by atoms with E-state index in [1.165, 1.54) is 5.38 Å². The number of hydrogen-bond donors (Lipinski definition) is 2. The zero-order chi connectivity index (χ0) is 14.0. The molecule has 0 saturated carbocycles. The molecule has 11 heteroatoms. The van der Waals surface area contributed by atoms with Gasteiger partial charge in [-0.3, -0.25) is 0 Å². The molecule has 2 N–H and O–H groups in total. The highest BCUT2D eigenvalue weighted by Gasteiger charge is 2.18. The number of sulfone groups is 1. The van der Waals surface area contributed by atoms with Crippen LogP contribution in [0.25, 0.3) is 0 Å². The Morgan fingerprint density at radius 3 is 2.50 bits per heavy atom. The highest BCUT2D eigenvalue weighted by atomic mass is 32.3. The van der Waals surface area contributed by atoms with Gasteiger partial charge in [0.1, 0.15) is 5.01 Å². The lowest BCUT2D eigenvalue weighted by Gasteiger charge is -2.03. The van der Waals surface area contributed by atoms with Crippen molar-refractivity contribution in [2.24, 2.45) is 0 Å². The number of aromatic nitrogens is 1. The molecule has 0 aliphatic rings. The Kier molecular flexibility index (Phi) is 4.42. The molecule has 0 aliphatic heterocycles. The van der Waals surface area contributed by atoms with Gasteiger partial charge in [-0.05, 0) is 0 Å². The first-order valence-corrected chi connectivity index (χ1v) is 9.01. The van der Waals surface area contributed by atoms with Crippen molar-refractivity contribution in [3.8, 4) is 0 Å². The summed E-state index contributed by atoms with van der Waals surface area (Å²) >= 11 is 0.968. The number of hydrogen-bond acceptors (Lipinski definition) is 7. The quantitative estimate of drug-likeness (QED) is 0.707. The third-order valence-corrected chi connectivity index (χ3v) is 5.97. The third-order valence-electron chi connectivity index (χ3n) is 1.58. The van der Waals surface area contributed by atoms with Gasteiger partial charge in [-0.15, -0.1) is 11.3 Å². The standard InChI is InChI=1S/C7H10N2O6S3/c1-17(12,13)4-18(14,15)8-2-6-9-5(3-16-6)7(10)11/h3,8H,2,4H2,1H3,(H,10,11). The molecule has 0 aliphatic carbocycles. The summed E-state index contributed by atoms with van der Waals surface area (Å²) in [6.07, 6.45) is 0.804. The van der Waals surface area contributed by atoms with Gasteiger partial charge < -0.3 is 5.11 Å². The van der Waals surface area contributed by atoms with Crippen molar-refractivity contribution in [2.75, 3.05) is 11.3 Å². The van der Waals surface area contributed by atoms with Gasteiger partial charge in [-0.2, -0.15) is 0 Å². The Labute approximate surface area is 108 Å². The molecule has 1 rings (SSSR count). The Hall–Kier alpha value is -1.04. The summed E-state index contributed by atoms with van der Waals surface area (Å²) in [4.78, 5) is 14.2. The van der Waals surface area contributed by atoms with Crippen LogP contribution < -0.4 is 4.72 Å². The molecular weight excluding hydrogens is 304 g/mol. The summed E-state index contributed by atoms with van der Waals surface area (Å²) in [5.74, 6) is -1.21. The predicted octanol–water partition coefficient (Wildman–Crippen LogP) is -0.737. The average Bonchev–Trinajstić information content (AvgIpc) is 2.59. The van der Waals surface area contributed by atoms with Crippen LogP contribution in [-0.4, -0.2) is 44.2 Å². The van der Waals surface area contributed by atoms with E-state index < -0.39 is 30.9 Å². The van der Waals surface area contributed by atoms with Crippen LogP contribution >= 0.6 is 11.3 Å². The van der Waals surface area contributed by atoms with Gasteiger partial charge in [-0.25, -0.2) is 31.3 Å². The van der Waals surface area contributed by atoms with Crippen LogP contribution in [0.1, 0.15) is 15.5 Å². The van der Waals surface area contributed by atoms with Gasteiger partial charge in [-0.1, -0.05) is 0 Å². The molecule has 18 heavy (non-hydrogen) atoms. The number of thiazole rings is 1. The Balaban J connectivity index is 2.67. The van der Waals surface area contributed by atoms with Crippen LogP contribution in [0.3, 0.4) is 0 Å². The van der Waals surface area contributed by atoms with Crippen molar-refractivity contribution in [3.05, 3.63) is 16.1 Å². The number of rotatable bonds is 6. The van der Waals surface area contributed by atoms with Crippen LogP contribution in [0.15, 0.2) is 5.38 Å². The van der Waals surface area contributed by atoms with E-state index in [0.717, 1.165) is 17.6 Å². The van der Waals surface area contributed by atoms with E-state index >= 15 is 0 Å². The lowest BCUT2D eigenvalue weighted by Crippen LogP contribution is -2.29. The minimum atomic E-state index is -3.97. The normalized spacial score (nSPS) is 12.5. The topological polar surface area (TPSA) is 130 Å². The SMILES string of the molecule is CS(=O)(=O)CS(=O)(=O)NCc1nc(C(=O)O)cs1. The zero-order valence-corrected chi connectivity index (χ0v) is 11.6. The van der Waals surface area contributed by atoms with Gasteiger partial charge in [0.05, 0.1) is 6.54 Å². The van der Waals surface area contributed by atoms with Crippen molar-refractivity contribution < 1.29 is 26.7 Å². The number of nitrogens with one attached hydrogen (secondary N) is 1. The Morgan fingerprint density at radius 1 is 1.44 bits per heavy atom. The smallest absolute Gasteiger partial charge is 0.355 e. The molecule has 0 aromatic carbocycles. The summed E-state index contributed by atoms with van der Waals surface area (Å²) in [5, 5.41) is 9.10. The number of nitrogens with zero attached hydrogens (tertiary/aromatic N) is 1. The number of carboxylic acid groups (broad SMARTS) is 1. The lowest BCUT2D eigenvalue weighted by molar-refractivity contribution is 0.0691. The summed E-state index contributed by atoms with van der Waals surface area (Å²) in [5.41, 5.74) is -0.183. The molecule has 0 bridgehead atoms. The van der Waals surface area contributed by atoms with E-state index in [4.69, 9.17) is 5.11 Å². The van der Waals surface area contributed by atoms with Gasteiger partial charge in [0.2, 0.25) is 10.0 Å². The summed E-state index contributed by atoms with van der Waals surface area (Å²) < 4.78 is 46.4. The van der Waals surface area contributed by atoms with Crippen LogP contribution in [0.5, 0.6) is 0 Å². The van der Waals surface area contributed by atoms with E-state index in [0.29, 0.717) is 0 Å². The monoisotopic (exact) mass is 314 g/mol. The first kappa shape index (κ1) is 15.0. The summed E-state index contributed by atoms with van der Waals surface area (Å²) in [7, 11) is -7.62. The van der Waals surface area contributed by atoms with E-state index in [-0.39, 0.29) is 17.2 Å². The van der Waals surface area contributed by atoms with Gasteiger partial charge >= 0.3 is 5.97 Å². The fourth-order valence-corrected chi connectivity index (χ4v) is 4.73. The van der Waals surface area contributed by atoms with Gasteiger partial charge in [0, 0.05) is 11.6 Å². The maximum absolute atomic E-state index is 11.3. The number of aromatic carboxylic acids is 1. The van der Waals surface area contributed by atoms with E-state index in [9.17, 15) is 21.6 Å². The highest BCUT2D eigenvalue weighted by Crippen LogP contribution is 2.09. The second-order valence-corrected chi connectivity index (χ2v) is 8.67. The van der Waals surface area contributed by atoms with Gasteiger partial charge in [0.15, 0.2) is 20.6 Å². The minimum Gasteiger partial charge on any atom is -0.476 e. The van der Waals surface area contributed by atoms with Crippen molar-refractivity contribution >= 4 is 37.2 Å². The zero-order valence-electron chi connectivity index (χ0n) is 9.15. The maximum Gasteiger partial charge on any atom is 0.355 e. The predicted molar refractivity (Wildman–Crippen MR) is 64.5 cm³/mol. The van der Waals surface area contributed by atoms with Crippen molar-refractivity contribution in [2.45, 2.75) is 6.54 Å². The van der Waals surface area contributed by atoms with Crippen molar-refractivity contribution in [3.63, 3.8) is 0 Å². The van der Waals surface area contributed by atoms with E-state index in [1.807, 2.05) is 4.72 Å². The number of carboxylic acids is 1. The first-order chi connectivity index (χ1) is 8.09. The molecule has 0 spiro atoms. The second kappa shape index (κ2) is 5.30. The second-order valence-electron chi connectivity index (χ2n) is 3.41. The van der Waals surface area contributed by atoms with Crippen LogP contribution in [0, 0.1) is 0 Å². The molecule has 0 radical (unpaired) electrons. The van der Waals surface area contributed by atoms with Crippen LogP contribution in [-0.2, 0) is 26.4 Å². The molecule has 1 aromatic rings. The molecule has 1 heterocycles.